The van der Waals surface area contributed by atoms with Crippen LogP contribution in [0.1, 0.15) is 25.7 Å². The molecule has 2 saturated heterocycles. The van der Waals surface area contributed by atoms with Crippen LogP contribution in [0, 0.1) is 0 Å². The van der Waals surface area contributed by atoms with Crippen molar-refractivity contribution < 1.29 is 8.37 Å². The van der Waals surface area contributed by atoms with E-state index in [-0.39, 0.29) is 0 Å². The van der Waals surface area contributed by atoms with E-state index in [4.69, 9.17) is 8.37 Å². The molecule has 0 N–H and O–H groups in total. The summed E-state index contributed by atoms with van der Waals surface area (Å²) in [5.41, 5.74) is 0. The van der Waals surface area contributed by atoms with Crippen LogP contribution in [0.4, 0.5) is 0 Å². The van der Waals surface area contributed by atoms with Crippen LogP contribution < -0.4 is 0 Å². The second-order valence-electron chi connectivity index (χ2n) is 2.70. The van der Waals surface area contributed by atoms with Crippen molar-refractivity contribution in [3.05, 3.63) is 0 Å². The third kappa shape index (κ3) is 6.17. The van der Waals surface area contributed by atoms with Crippen molar-refractivity contribution in [2.45, 2.75) is 25.7 Å². The van der Waals surface area contributed by atoms with Crippen LogP contribution >= 0.6 is 24.1 Å². The highest BCUT2D eigenvalue weighted by atomic mass is 32.2. The highest BCUT2D eigenvalue weighted by molar-refractivity contribution is 7.94. The van der Waals surface area contributed by atoms with Crippen LogP contribution in [0.25, 0.3) is 0 Å². The average Bonchev–Trinajstić information content (AvgIpc) is 2.24. The SMILES string of the molecule is C1CCSOC1.C1CCSOC1. The average molecular weight is 208 g/mol. The molecule has 12 heavy (non-hydrogen) atoms. The molecule has 0 bridgehead atoms. The monoisotopic (exact) mass is 208 g/mol. The van der Waals surface area contributed by atoms with Gasteiger partial charge in [0.2, 0.25) is 0 Å². The van der Waals surface area contributed by atoms with Crippen LogP contribution in [0.15, 0.2) is 0 Å². The van der Waals surface area contributed by atoms with Crippen LogP contribution in [-0.2, 0) is 8.37 Å². The summed E-state index contributed by atoms with van der Waals surface area (Å²) in [6.07, 6.45) is 5.19. The maximum Gasteiger partial charge on any atom is 0.0614 e. The van der Waals surface area contributed by atoms with Gasteiger partial charge in [0, 0.05) is 11.5 Å². The van der Waals surface area contributed by atoms with E-state index in [2.05, 4.69) is 0 Å². The highest BCUT2D eigenvalue weighted by Gasteiger charge is 1.96. The van der Waals surface area contributed by atoms with E-state index in [1.165, 1.54) is 37.2 Å². The summed E-state index contributed by atoms with van der Waals surface area (Å²) in [5, 5.41) is 0. The Labute approximate surface area is 83.2 Å². The molecule has 0 aromatic heterocycles. The summed E-state index contributed by atoms with van der Waals surface area (Å²) in [7, 11) is 0. The lowest BCUT2D eigenvalue weighted by molar-refractivity contribution is 0.346. The van der Waals surface area contributed by atoms with E-state index >= 15 is 0 Å². The normalized spacial score (nSPS) is 24.0. The quantitative estimate of drug-likeness (QED) is 0.570. The van der Waals surface area contributed by atoms with Crippen LogP contribution in [0.2, 0.25) is 0 Å². The van der Waals surface area contributed by atoms with Crippen molar-refractivity contribution in [2.75, 3.05) is 24.7 Å². The maximum absolute atomic E-state index is 4.99. The molecule has 2 fully saturated rings. The summed E-state index contributed by atoms with van der Waals surface area (Å²) in [4.78, 5) is 0. The zero-order chi connectivity index (χ0) is 8.49. The van der Waals surface area contributed by atoms with E-state index < -0.39 is 0 Å². The van der Waals surface area contributed by atoms with Gasteiger partial charge in [-0.1, -0.05) is 0 Å². The van der Waals surface area contributed by atoms with Gasteiger partial charge in [-0.05, 0) is 49.8 Å². The fourth-order valence-corrected chi connectivity index (χ4v) is 2.23. The van der Waals surface area contributed by atoms with Crippen molar-refractivity contribution in [3.63, 3.8) is 0 Å². The Morgan fingerprint density at radius 3 is 1.25 bits per heavy atom. The van der Waals surface area contributed by atoms with Crippen molar-refractivity contribution in [1.82, 2.24) is 0 Å². The molecule has 0 aromatic rings. The van der Waals surface area contributed by atoms with Gasteiger partial charge in [0.05, 0.1) is 13.2 Å². The summed E-state index contributed by atoms with van der Waals surface area (Å²) in [6, 6.07) is 0. The smallest absolute Gasteiger partial charge is 0.0614 e. The molecule has 0 atom stereocenters. The van der Waals surface area contributed by atoms with E-state index in [1.54, 1.807) is 24.1 Å². The predicted octanol–water partition coefficient (Wildman–Crippen LogP) is 2.89. The first kappa shape index (κ1) is 10.7. The summed E-state index contributed by atoms with van der Waals surface area (Å²) < 4.78 is 9.97. The molecule has 2 aliphatic heterocycles. The molecule has 0 radical (unpaired) electrons. The molecule has 4 heteroatoms. The molecule has 0 aliphatic carbocycles. The van der Waals surface area contributed by atoms with Gasteiger partial charge < -0.3 is 8.37 Å². The van der Waals surface area contributed by atoms with Crippen LogP contribution in [0.3, 0.4) is 0 Å². The Morgan fingerprint density at radius 1 is 0.667 bits per heavy atom. The molecule has 0 unspecified atom stereocenters. The molecule has 2 rings (SSSR count). The lowest BCUT2D eigenvalue weighted by Gasteiger charge is -2.06. The van der Waals surface area contributed by atoms with Gasteiger partial charge in [-0.15, -0.1) is 0 Å². The molecular weight excluding hydrogens is 192 g/mol. The fourth-order valence-electron chi connectivity index (χ4n) is 0.880. The lowest BCUT2D eigenvalue weighted by Crippen LogP contribution is -1.95. The minimum absolute atomic E-state index is 0.963. The van der Waals surface area contributed by atoms with Crippen molar-refractivity contribution in [1.29, 1.82) is 0 Å². The molecule has 0 aromatic carbocycles. The molecule has 2 aliphatic rings. The Kier molecular flexibility index (Phi) is 7.34. The molecule has 0 saturated carbocycles. The van der Waals surface area contributed by atoms with Gasteiger partial charge in [-0.3, -0.25) is 0 Å². The second kappa shape index (κ2) is 8.23. The van der Waals surface area contributed by atoms with Gasteiger partial charge in [0.15, 0.2) is 0 Å². The van der Waals surface area contributed by atoms with E-state index in [9.17, 15) is 0 Å². The Bertz CT molecular complexity index is 58.0. The first-order valence-electron chi connectivity index (χ1n) is 4.49. The third-order valence-corrected chi connectivity index (χ3v) is 3.15. The predicted molar refractivity (Wildman–Crippen MR) is 55.3 cm³/mol. The molecule has 0 amide bonds. The molecular formula is C8H16O2S2. The minimum atomic E-state index is 0.963. The number of hydrogen-bond donors (Lipinski definition) is 0. The maximum atomic E-state index is 4.99. The Hall–Kier alpha value is 0.620. The van der Waals surface area contributed by atoms with E-state index in [1.807, 2.05) is 0 Å². The van der Waals surface area contributed by atoms with E-state index in [0.29, 0.717) is 0 Å². The van der Waals surface area contributed by atoms with Crippen LogP contribution in [-0.4, -0.2) is 24.7 Å². The lowest BCUT2D eigenvalue weighted by atomic mass is 10.4. The molecule has 72 valence electrons. The summed E-state index contributed by atoms with van der Waals surface area (Å²) >= 11 is 3.19. The van der Waals surface area contributed by atoms with Crippen molar-refractivity contribution in [3.8, 4) is 0 Å². The van der Waals surface area contributed by atoms with Crippen molar-refractivity contribution >= 4 is 24.1 Å². The van der Waals surface area contributed by atoms with Gasteiger partial charge in [-0.2, -0.15) is 0 Å². The Balaban J connectivity index is 0.000000120. The molecule has 0 spiro atoms. The first-order valence-corrected chi connectivity index (χ1v) is 6.31. The van der Waals surface area contributed by atoms with Gasteiger partial charge in [-0.25, -0.2) is 0 Å². The summed E-state index contributed by atoms with van der Waals surface area (Å²) in [6.45, 7) is 1.93. The minimum Gasteiger partial charge on any atom is -0.315 e. The molecule has 2 nitrogen and oxygen atoms in total. The Morgan fingerprint density at radius 2 is 1.17 bits per heavy atom. The van der Waals surface area contributed by atoms with Gasteiger partial charge in [0.1, 0.15) is 0 Å². The zero-order valence-corrected chi connectivity index (χ0v) is 8.92. The number of rotatable bonds is 0. The van der Waals surface area contributed by atoms with Crippen LogP contribution in [0.5, 0.6) is 0 Å². The van der Waals surface area contributed by atoms with E-state index in [0.717, 1.165) is 13.2 Å². The second-order valence-corrected chi connectivity index (χ2v) is 4.46. The van der Waals surface area contributed by atoms with Gasteiger partial charge >= 0.3 is 0 Å². The van der Waals surface area contributed by atoms with Gasteiger partial charge in [0.25, 0.3) is 0 Å². The largest absolute Gasteiger partial charge is 0.315 e. The molecule has 2 heterocycles. The van der Waals surface area contributed by atoms with Crippen molar-refractivity contribution in [2.24, 2.45) is 0 Å². The zero-order valence-electron chi connectivity index (χ0n) is 7.29. The third-order valence-electron chi connectivity index (χ3n) is 1.58. The fraction of sp³-hybridized carbons (Fsp3) is 1.00. The first-order chi connectivity index (χ1) is 6.00. The number of hydrogen-bond acceptors (Lipinski definition) is 4. The topological polar surface area (TPSA) is 18.5 Å². The highest BCUT2D eigenvalue weighted by Crippen LogP contribution is 2.13. The summed E-state index contributed by atoms with van der Waals surface area (Å²) in [5.74, 6) is 2.39. The standard InChI is InChI=1S/2C4H8OS/c2*1-2-4-6-5-3-1/h2*1-4H2.